The second-order valence-corrected chi connectivity index (χ2v) is 4.46. The molecule has 18 heavy (non-hydrogen) atoms. The van der Waals surface area contributed by atoms with Gasteiger partial charge in [0.05, 0.1) is 5.52 Å². The van der Waals surface area contributed by atoms with Crippen LogP contribution in [0.25, 0.3) is 5.52 Å². The lowest BCUT2D eigenvalue weighted by molar-refractivity contribution is 0.0995. The Morgan fingerprint density at radius 3 is 3.00 bits per heavy atom. The molecule has 0 unspecified atom stereocenters. The van der Waals surface area contributed by atoms with Crippen molar-refractivity contribution in [2.45, 2.75) is 0 Å². The number of nitrogens with one attached hydrogen (secondary N) is 1. The summed E-state index contributed by atoms with van der Waals surface area (Å²) in [7, 11) is 0. The summed E-state index contributed by atoms with van der Waals surface area (Å²) in [4.78, 5) is 11.9. The van der Waals surface area contributed by atoms with Crippen LogP contribution in [0.4, 0.5) is 5.69 Å². The van der Waals surface area contributed by atoms with Crippen LogP contribution >= 0.6 is 15.9 Å². The van der Waals surface area contributed by atoms with Gasteiger partial charge in [-0.3, -0.25) is 4.79 Å². The van der Waals surface area contributed by atoms with Gasteiger partial charge in [-0.25, -0.2) is 4.52 Å². The van der Waals surface area contributed by atoms with Crippen molar-refractivity contribution in [3.63, 3.8) is 0 Å². The van der Waals surface area contributed by atoms with Crippen LogP contribution in [0.2, 0.25) is 0 Å². The molecule has 3 rings (SSSR count). The minimum Gasteiger partial charge on any atom is -0.444 e. The number of halogens is 1. The molecule has 0 atom stereocenters. The average molecular weight is 306 g/mol. The SMILES string of the molecule is O=C(Nc1ccn2nccc2c1)c1ccc(Br)o1. The normalized spacial score (nSPS) is 10.7. The monoisotopic (exact) mass is 305 g/mol. The Kier molecular flexibility index (Phi) is 2.64. The highest BCUT2D eigenvalue weighted by molar-refractivity contribution is 9.10. The molecule has 0 aliphatic heterocycles. The molecule has 3 heterocycles. The minimum absolute atomic E-state index is 0.259. The molecule has 0 bridgehead atoms. The number of nitrogens with zero attached hydrogens (tertiary/aromatic N) is 2. The van der Waals surface area contributed by atoms with Gasteiger partial charge in [0.15, 0.2) is 10.4 Å². The van der Waals surface area contributed by atoms with Gasteiger partial charge in [0.2, 0.25) is 0 Å². The van der Waals surface area contributed by atoms with Crippen LogP contribution in [0.5, 0.6) is 0 Å². The quantitative estimate of drug-likeness (QED) is 0.792. The van der Waals surface area contributed by atoms with Crippen LogP contribution in [-0.2, 0) is 0 Å². The van der Waals surface area contributed by atoms with Gasteiger partial charge < -0.3 is 9.73 Å². The number of carbonyl (C=O) groups excluding carboxylic acids is 1. The van der Waals surface area contributed by atoms with E-state index < -0.39 is 0 Å². The molecule has 0 saturated carbocycles. The summed E-state index contributed by atoms with van der Waals surface area (Å²) in [6.07, 6.45) is 3.48. The van der Waals surface area contributed by atoms with E-state index in [1.807, 2.05) is 12.1 Å². The molecule has 6 heteroatoms. The van der Waals surface area contributed by atoms with Crippen molar-refractivity contribution in [1.29, 1.82) is 0 Å². The maximum Gasteiger partial charge on any atom is 0.291 e. The molecule has 1 N–H and O–H groups in total. The minimum atomic E-state index is -0.287. The molecule has 3 aromatic rings. The van der Waals surface area contributed by atoms with Crippen LogP contribution in [0.3, 0.4) is 0 Å². The fourth-order valence-electron chi connectivity index (χ4n) is 1.63. The largest absolute Gasteiger partial charge is 0.444 e. The zero-order valence-electron chi connectivity index (χ0n) is 9.13. The fraction of sp³-hybridized carbons (Fsp3) is 0. The van der Waals surface area contributed by atoms with Gasteiger partial charge in [-0.05, 0) is 46.3 Å². The standard InChI is InChI=1S/C12H8BrN3O2/c13-11-2-1-10(18-11)12(17)15-8-4-6-16-9(7-8)3-5-14-16/h1-7H,(H,15,17). The Morgan fingerprint density at radius 1 is 1.33 bits per heavy atom. The second-order valence-electron chi connectivity index (χ2n) is 3.67. The van der Waals surface area contributed by atoms with E-state index in [1.165, 1.54) is 0 Å². The summed E-state index contributed by atoms with van der Waals surface area (Å²) >= 11 is 3.15. The molecule has 0 aromatic carbocycles. The molecule has 0 aliphatic rings. The van der Waals surface area contributed by atoms with Gasteiger partial charge in [-0.1, -0.05) is 0 Å². The van der Waals surface area contributed by atoms with Crippen molar-refractivity contribution in [3.05, 3.63) is 53.2 Å². The molecule has 1 amide bonds. The Bertz CT molecular complexity index is 717. The number of hydrogen-bond acceptors (Lipinski definition) is 3. The number of anilines is 1. The first-order valence-electron chi connectivity index (χ1n) is 5.22. The third kappa shape index (κ3) is 2.02. The van der Waals surface area contributed by atoms with Crippen LogP contribution < -0.4 is 5.32 Å². The molecular formula is C12H8BrN3O2. The van der Waals surface area contributed by atoms with Crippen molar-refractivity contribution in [2.75, 3.05) is 5.32 Å². The van der Waals surface area contributed by atoms with E-state index in [-0.39, 0.29) is 11.7 Å². The van der Waals surface area contributed by atoms with Crippen LogP contribution in [0.15, 0.2) is 51.8 Å². The van der Waals surface area contributed by atoms with Crippen molar-refractivity contribution in [1.82, 2.24) is 9.61 Å². The van der Waals surface area contributed by atoms with Gasteiger partial charge in [-0.15, -0.1) is 0 Å². The zero-order chi connectivity index (χ0) is 12.5. The first kappa shape index (κ1) is 11.0. The highest BCUT2D eigenvalue weighted by Crippen LogP contribution is 2.17. The highest BCUT2D eigenvalue weighted by atomic mass is 79.9. The summed E-state index contributed by atoms with van der Waals surface area (Å²) in [6, 6.07) is 8.75. The first-order chi connectivity index (χ1) is 8.72. The number of aromatic nitrogens is 2. The molecule has 0 fully saturated rings. The van der Waals surface area contributed by atoms with E-state index in [0.717, 1.165) is 5.52 Å². The Hall–Kier alpha value is -2.08. The molecule has 3 aromatic heterocycles. The molecule has 0 saturated heterocycles. The lowest BCUT2D eigenvalue weighted by atomic mass is 10.3. The fourth-order valence-corrected chi connectivity index (χ4v) is 1.94. The Labute approximate surface area is 111 Å². The van der Waals surface area contributed by atoms with E-state index in [1.54, 1.807) is 35.1 Å². The van der Waals surface area contributed by atoms with Crippen LogP contribution in [-0.4, -0.2) is 15.5 Å². The molecule has 0 radical (unpaired) electrons. The number of pyridine rings is 1. The number of amides is 1. The topological polar surface area (TPSA) is 59.5 Å². The predicted octanol–water partition coefficient (Wildman–Crippen LogP) is 2.94. The van der Waals surface area contributed by atoms with Gasteiger partial charge in [0.25, 0.3) is 5.91 Å². The van der Waals surface area contributed by atoms with E-state index in [0.29, 0.717) is 10.4 Å². The summed E-state index contributed by atoms with van der Waals surface area (Å²) in [6.45, 7) is 0. The summed E-state index contributed by atoms with van der Waals surface area (Å²) < 4.78 is 7.43. The third-order valence-corrected chi connectivity index (χ3v) is 2.88. The summed E-state index contributed by atoms with van der Waals surface area (Å²) in [5, 5.41) is 6.84. The second kappa shape index (κ2) is 4.30. The van der Waals surface area contributed by atoms with Crippen molar-refractivity contribution in [3.8, 4) is 0 Å². The van der Waals surface area contributed by atoms with E-state index in [2.05, 4.69) is 26.3 Å². The van der Waals surface area contributed by atoms with Gasteiger partial charge in [0, 0.05) is 18.1 Å². The average Bonchev–Trinajstić information content (AvgIpc) is 2.96. The van der Waals surface area contributed by atoms with E-state index in [4.69, 9.17) is 4.42 Å². The summed E-state index contributed by atoms with van der Waals surface area (Å²) in [5.74, 6) is -0.0279. The van der Waals surface area contributed by atoms with Crippen molar-refractivity contribution in [2.24, 2.45) is 0 Å². The summed E-state index contributed by atoms with van der Waals surface area (Å²) in [5.41, 5.74) is 1.61. The maximum atomic E-state index is 11.9. The highest BCUT2D eigenvalue weighted by Gasteiger charge is 2.10. The Morgan fingerprint density at radius 2 is 2.22 bits per heavy atom. The van der Waals surface area contributed by atoms with Crippen LogP contribution in [0, 0.1) is 0 Å². The lowest BCUT2D eigenvalue weighted by Crippen LogP contribution is -2.10. The number of carbonyl (C=O) groups is 1. The number of rotatable bonds is 2. The number of fused-ring (bicyclic) bond motifs is 1. The molecule has 0 aliphatic carbocycles. The van der Waals surface area contributed by atoms with Gasteiger partial charge in [-0.2, -0.15) is 5.10 Å². The number of furan rings is 1. The Balaban J connectivity index is 1.85. The van der Waals surface area contributed by atoms with Gasteiger partial charge >= 0.3 is 0 Å². The maximum absolute atomic E-state index is 11.9. The smallest absolute Gasteiger partial charge is 0.291 e. The third-order valence-electron chi connectivity index (χ3n) is 2.45. The molecule has 5 nitrogen and oxygen atoms in total. The molecule has 90 valence electrons. The molecular weight excluding hydrogens is 298 g/mol. The number of hydrogen-bond donors (Lipinski definition) is 1. The lowest BCUT2D eigenvalue weighted by Gasteiger charge is -2.03. The molecule has 0 spiro atoms. The van der Waals surface area contributed by atoms with Crippen LogP contribution in [0.1, 0.15) is 10.6 Å². The van der Waals surface area contributed by atoms with E-state index >= 15 is 0 Å². The van der Waals surface area contributed by atoms with E-state index in [9.17, 15) is 4.79 Å². The first-order valence-corrected chi connectivity index (χ1v) is 6.02. The predicted molar refractivity (Wildman–Crippen MR) is 69.6 cm³/mol. The van der Waals surface area contributed by atoms with Gasteiger partial charge in [0.1, 0.15) is 0 Å². The zero-order valence-corrected chi connectivity index (χ0v) is 10.7. The van der Waals surface area contributed by atoms with Crippen molar-refractivity contribution < 1.29 is 9.21 Å². The van der Waals surface area contributed by atoms with Crippen molar-refractivity contribution >= 4 is 33.0 Å².